The number of carboxylic acids is 2. The first-order valence-electron chi connectivity index (χ1n) is 13.0. The van der Waals surface area contributed by atoms with Gasteiger partial charge in [0.1, 0.15) is 0 Å². The van der Waals surface area contributed by atoms with Crippen molar-refractivity contribution >= 4 is 11.9 Å². The molecule has 38 heavy (non-hydrogen) atoms. The van der Waals surface area contributed by atoms with Gasteiger partial charge in [-0.15, -0.1) is 0 Å². The van der Waals surface area contributed by atoms with Crippen molar-refractivity contribution in [3.05, 3.63) is 149 Å². The van der Waals surface area contributed by atoms with Crippen molar-refractivity contribution in [2.24, 2.45) is 0 Å². The molecule has 4 aromatic rings. The molecule has 4 nitrogen and oxygen atoms in total. The minimum atomic E-state index is -0.939. The van der Waals surface area contributed by atoms with Crippen molar-refractivity contribution in [2.45, 2.75) is 43.9 Å². The minimum Gasteiger partial charge on any atom is -0.478 e. The van der Waals surface area contributed by atoms with Gasteiger partial charge in [0.05, 0.1) is 11.1 Å². The van der Waals surface area contributed by atoms with Gasteiger partial charge < -0.3 is 10.2 Å². The maximum absolute atomic E-state index is 11.4. The Hall–Kier alpha value is -4.18. The van der Waals surface area contributed by atoms with Crippen LogP contribution in [0, 0.1) is 6.42 Å². The molecule has 2 N–H and O–H groups in total. The molecule has 3 atom stereocenters. The summed E-state index contributed by atoms with van der Waals surface area (Å²) in [4.78, 5) is 22.7. The zero-order valence-corrected chi connectivity index (χ0v) is 21.5. The van der Waals surface area contributed by atoms with E-state index in [0.717, 1.165) is 30.4 Å². The summed E-state index contributed by atoms with van der Waals surface area (Å²) in [7, 11) is 0. The van der Waals surface area contributed by atoms with Gasteiger partial charge in [-0.1, -0.05) is 91.9 Å². The molecule has 4 aromatic carbocycles. The van der Waals surface area contributed by atoms with E-state index in [1.807, 2.05) is 36.4 Å². The van der Waals surface area contributed by atoms with Crippen molar-refractivity contribution in [3.8, 4) is 0 Å². The van der Waals surface area contributed by atoms with Crippen LogP contribution in [0.15, 0.2) is 109 Å². The molecule has 0 amide bonds. The molecule has 4 rings (SSSR count). The maximum atomic E-state index is 11.4. The molecule has 1 radical (unpaired) electrons. The fourth-order valence-corrected chi connectivity index (χ4v) is 5.09. The van der Waals surface area contributed by atoms with E-state index in [1.54, 1.807) is 24.3 Å². The van der Waals surface area contributed by atoms with Gasteiger partial charge in [0.15, 0.2) is 0 Å². The standard InChI is InChI=1S/C34H33O4/c1-24(26-8-4-2-5-9-26)22-32(27-10-6-3-7-11-27)23-31(28-18-20-30(21-19-28)34(37)38)17-14-25-12-15-29(16-13-25)33(35)36/h2-16,18-21,24,31-32H,17,22-23H2,1H3,(H,35,36)(H,37,38). The maximum Gasteiger partial charge on any atom is 0.335 e. The van der Waals surface area contributed by atoms with Crippen molar-refractivity contribution < 1.29 is 19.8 Å². The van der Waals surface area contributed by atoms with E-state index in [2.05, 4.69) is 61.9 Å². The zero-order valence-electron chi connectivity index (χ0n) is 21.5. The van der Waals surface area contributed by atoms with Crippen molar-refractivity contribution in [2.75, 3.05) is 0 Å². The normalized spacial score (nSPS) is 13.4. The fraction of sp³-hybridized carbons (Fsp3) is 0.206. The number of rotatable bonds is 12. The van der Waals surface area contributed by atoms with Crippen LogP contribution >= 0.6 is 0 Å². The molecular formula is C34H33O4. The Labute approximate surface area is 224 Å². The highest BCUT2D eigenvalue weighted by Gasteiger charge is 2.23. The molecule has 0 saturated carbocycles. The summed E-state index contributed by atoms with van der Waals surface area (Å²) in [6.45, 7) is 2.28. The molecule has 0 aliphatic heterocycles. The first kappa shape index (κ1) is 26.9. The fourth-order valence-electron chi connectivity index (χ4n) is 5.09. The van der Waals surface area contributed by atoms with E-state index in [9.17, 15) is 19.8 Å². The lowest BCUT2D eigenvalue weighted by Gasteiger charge is -2.27. The van der Waals surface area contributed by atoms with Gasteiger partial charge in [0, 0.05) is 0 Å². The first-order valence-corrected chi connectivity index (χ1v) is 13.0. The number of hydrogen-bond acceptors (Lipinski definition) is 2. The summed E-state index contributed by atoms with van der Waals surface area (Å²) in [5.41, 5.74) is 5.23. The van der Waals surface area contributed by atoms with Crippen LogP contribution in [0.5, 0.6) is 0 Å². The third kappa shape index (κ3) is 7.19. The van der Waals surface area contributed by atoms with Gasteiger partial charge >= 0.3 is 11.9 Å². The van der Waals surface area contributed by atoms with Crippen molar-refractivity contribution in [3.63, 3.8) is 0 Å². The predicted molar refractivity (Wildman–Crippen MR) is 151 cm³/mol. The summed E-state index contributed by atoms with van der Waals surface area (Å²) < 4.78 is 0. The molecule has 0 saturated heterocycles. The SMILES string of the molecule is CC(CC(CC(C[CH]c1ccc(C(=O)O)cc1)c1ccc(C(=O)O)cc1)c1ccccc1)c1ccccc1. The summed E-state index contributed by atoms with van der Waals surface area (Å²) in [5, 5.41) is 18.6. The number of hydrogen-bond donors (Lipinski definition) is 2. The smallest absolute Gasteiger partial charge is 0.335 e. The highest BCUT2D eigenvalue weighted by molar-refractivity contribution is 5.88. The number of carboxylic acid groups (broad SMARTS) is 2. The molecule has 0 heterocycles. The lowest BCUT2D eigenvalue weighted by molar-refractivity contribution is 0.0686. The minimum absolute atomic E-state index is 0.158. The number of benzene rings is 4. The molecule has 0 fully saturated rings. The van der Waals surface area contributed by atoms with Gasteiger partial charge in [-0.05, 0) is 90.0 Å². The average Bonchev–Trinajstić information content (AvgIpc) is 2.95. The Morgan fingerprint density at radius 3 is 1.61 bits per heavy atom. The molecule has 0 aliphatic rings. The summed E-state index contributed by atoms with van der Waals surface area (Å²) >= 11 is 0. The monoisotopic (exact) mass is 505 g/mol. The van der Waals surface area contributed by atoms with E-state index in [4.69, 9.17) is 0 Å². The van der Waals surface area contributed by atoms with Gasteiger partial charge in [0.25, 0.3) is 0 Å². The quantitative estimate of drug-likeness (QED) is 0.204. The Morgan fingerprint density at radius 1 is 0.605 bits per heavy atom. The molecule has 0 aromatic heterocycles. The summed E-state index contributed by atoms with van der Waals surface area (Å²) in [5.74, 6) is -1.03. The predicted octanol–water partition coefficient (Wildman–Crippen LogP) is 8.18. The topological polar surface area (TPSA) is 74.6 Å². The Bertz CT molecular complexity index is 1310. The highest BCUT2D eigenvalue weighted by atomic mass is 16.4. The van der Waals surface area contributed by atoms with Crippen LogP contribution < -0.4 is 0 Å². The van der Waals surface area contributed by atoms with E-state index < -0.39 is 11.9 Å². The van der Waals surface area contributed by atoms with E-state index in [0.29, 0.717) is 11.8 Å². The van der Waals surface area contributed by atoms with Gasteiger partial charge in [-0.25, -0.2) is 9.59 Å². The van der Waals surface area contributed by atoms with E-state index >= 15 is 0 Å². The lowest BCUT2D eigenvalue weighted by atomic mass is 9.77. The van der Waals surface area contributed by atoms with Crippen LogP contribution in [0.2, 0.25) is 0 Å². The van der Waals surface area contributed by atoms with Crippen LogP contribution in [-0.2, 0) is 0 Å². The van der Waals surface area contributed by atoms with Gasteiger partial charge in [-0.3, -0.25) is 0 Å². The second-order valence-electron chi connectivity index (χ2n) is 9.88. The molecule has 0 spiro atoms. The van der Waals surface area contributed by atoms with E-state index in [1.165, 1.54) is 11.1 Å². The first-order chi connectivity index (χ1) is 18.4. The molecule has 0 bridgehead atoms. The number of aromatic carboxylic acids is 2. The van der Waals surface area contributed by atoms with Crippen molar-refractivity contribution in [1.82, 2.24) is 0 Å². The summed E-state index contributed by atoms with van der Waals surface area (Å²) in [6.07, 6.45) is 4.79. The molecule has 193 valence electrons. The summed E-state index contributed by atoms with van der Waals surface area (Å²) in [6, 6.07) is 35.3. The Morgan fingerprint density at radius 2 is 1.08 bits per heavy atom. The molecular weight excluding hydrogens is 472 g/mol. The van der Waals surface area contributed by atoms with Crippen molar-refractivity contribution in [1.29, 1.82) is 0 Å². The second kappa shape index (κ2) is 12.9. The lowest BCUT2D eigenvalue weighted by Crippen LogP contribution is -2.11. The Kier molecular flexibility index (Phi) is 9.10. The molecule has 0 aliphatic carbocycles. The third-order valence-corrected chi connectivity index (χ3v) is 7.27. The highest BCUT2D eigenvalue weighted by Crippen LogP contribution is 2.39. The zero-order chi connectivity index (χ0) is 26.9. The van der Waals surface area contributed by atoms with Gasteiger partial charge in [0.2, 0.25) is 0 Å². The molecule has 4 heteroatoms. The van der Waals surface area contributed by atoms with Gasteiger partial charge in [-0.2, -0.15) is 0 Å². The second-order valence-corrected chi connectivity index (χ2v) is 9.88. The molecule has 3 unspecified atom stereocenters. The Balaban J connectivity index is 1.60. The van der Waals surface area contributed by atoms with Crippen LogP contribution in [0.25, 0.3) is 0 Å². The average molecular weight is 506 g/mol. The van der Waals surface area contributed by atoms with Crippen LogP contribution in [0.1, 0.15) is 86.9 Å². The van der Waals surface area contributed by atoms with E-state index in [-0.39, 0.29) is 17.0 Å². The van der Waals surface area contributed by atoms with Crippen LogP contribution in [0.3, 0.4) is 0 Å². The third-order valence-electron chi connectivity index (χ3n) is 7.27. The van der Waals surface area contributed by atoms with Crippen LogP contribution in [0.4, 0.5) is 0 Å². The largest absolute Gasteiger partial charge is 0.478 e. The van der Waals surface area contributed by atoms with Crippen LogP contribution in [-0.4, -0.2) is 22.2 Å². The number of carbonyl (C=O) groups is 2.